The van der Waals surface area contributed by atoms with Crippen LogP contribution in [0.5, 0.6) is 0 Å². The first-order valence-corrected chi connectivity index (χ1v) is 8.71. The van der Waals surface area contributed by atoms with Gasteiger partial charge >= 0.3 is 0 Å². The van der Waals surface area contributed by atoms with E-state index in [1.54, 1.807) is 0 Å². The molecule has 0 heterocycles. The Balaban J connectivity index is 1.90. The molecule has 2 atom stereocenters. The first-order valence-electron chi connectivity index (χ1n) is 8.71. The minimum Gasteiger partial charge on any atom is -0.356 e. The molecule has 0 aliphatic heterocycles. The SMILES string of the molecule is CC(C)C1CCC(C)(C)C[C@H]1C(=O)NCCc1ccccc1. The number of carbonyl (C=O) groups is 1. The monoisotopic (exact) mass is 301 g/mol. The van der Waals surface area contributed by atoms with Crippen LogP contribution in [0.4, 0.5) is 0 Å². The van der Waals surface area contributed by atoms with E-state index in [1.165, 1.54) is 18.4 Å². The van der Waals surface area contributed by atoms with Crippen LogP contribution in [0.1, 0.15) is 52.5 Å². The zero-order valence-corrected chi connectivity index (χ0v) is 14.6. The van der Waals surface area contributed by atoms with Crippen LogP contribution in [0.3, 0.4) is 0 Å². The number of benzene rings is 1. The number of nitrogens with one attached hydrogen (secondary N) is 1. The predicted octanol–water partition coefficient (Wildman–Crippen LogP) is 4.44. The van der Waals surface area contributed by atoms with Gasteiger partial charge in [-0.3, -0.25) is 4.79 Å². The summed E-state index contributed by atoms with van der Waals surface area (Å²) in [4.78, 5) is 12.7. The second kappa shape index (κ2) is 7.30. The third-order valence-corrected chi connectivity index (χ3v) is 5.19. The van der Waals surface area contributed by atoms with E-state index in [1.807, 2.05) is 6.07 Å². The molecular formula is C20H31NO. The molecule has 0 radical (unpaired) electrons. The lowest BCUT2D eigenvalue weighted by atomic mass is 9.64. The van der Waals surface area contributed by atoms with Crippen molar-refractivity contribution in [2.24, 2.45) is 23.2 Å². The van der Waals surface area contributed by atoms with E-state index < -0.39 is 0 Å². The molecule has 0 aromatic heterocycles. The summed E-state index contributed by atoms with van der Waals surface area (Å²) >= 11 is 0. The predicted molar refractivity (Wildman–Crippen MR) is 92.6 cm³/mol. The van der Waals surface area contributed by atoms with E-state index in [9.17, 15) is 4.79 Å². The Morgan fingerprint density at radius 2 is 1.95 bits per heavy atom. The molecule has 1 N–H and O–H groups in total. The largest absolute Gasteiger partial charge is 0.356 e. The molecule has 1 saturated carbocycles. The second-order valence-electron chi connectivity index (χ2n) is 7.95. The summed E-state index contributed by atoms with van der Waals surface area (Å²) in [5, 5.41) is 3.18. The first-order chi connectivity index (χ1) is 10.4. The standard InChI is InChI=1S/C20H31NO/c1-15(2)17-10-12-20(3,4)14-18(17)19(22)21-13-11-16-8-6-5-7-9-16/h5-9,15,17-18H,10-14H2,1-4H3,(H,21,22)/t17?,18-/m1/s1. The summed E-state index contributed by atoms with van der Waals surface area (Å²) in [6, 6.07) is 10.4. The van der Waals surface area contributed by atoms with E-state index in [0.717, 1.165) is 19.4 Å². The fourth-order valence-electron chi connectivity index (χ4n) is 3.80. The van der Waals surface area contributed by atoms with Gasteiger partial charge in [0, 0.05) is 12.5 Å². The number of amides is 1. The summed E-state index contributed by atoms with van der Waals surface area (Å²) in [5.74, 6) is 1.56. The van der Waals surface area contributed by atoms with Gasteiger partial charge in [0.1, 0.15) is 0 Å². The molecule has 2 heteroatoms. The maximum absolute atomic E-state index is 12.7. The quantitative estimate of drug-likeness (QED) is 0.855. The van der Waals surface area contributed by atoms with Crippen molar-refractivity contribution in [2.45, 2.75) is 53.4 Å². The van der Waals surface area contributed by atoms with Gasteiger partial charge in [0.15, 0.2) is 0 Å². The van der Waals surface area contributed by atoms with Crippen LogP contribution < -0.4 is 5.32 Å². The number of hydrogen-bond acceptors (Lipinski definition) is 1. The van der Waals surface area contributed by atoms with Crippen LogP contribution in [0, 0.1) is 23.2 Å². The van der Waals surface area contributed by atoms with Gasteiger partial charge in [0.25, 0.3) is 0 Å². The number of rotatable bonds is 5. The second-order valence-corrected chi connectivity index (χ2v) is 7.95. The highest BCUT2D eigenvalue weighted by molar-refractivity contribution is 5.79. The van der Waals surface area contributed by atoms with Crippen molar-refractivity contribution in [1.82, 2.24) is 5.32 Å². The van der Waals surface area contributed by atoms with E-state index in [-0.39, 0.29) is 11.8 Å². The van der Waals surface area contributed by atoms with Gasteiger partial charge in [0.05, 0.1) is 0 Å². The number of hydrogen-bond donors (Lipinski definition) is 1. The molecule has 2 nitrogen and oxygen atoms in total. The van der Waals surface area contributed by atoms with Gasteiger partial charge < -0.3 is 5.32 Å². The van der Waals surface area contributed by atoms with E-state index in [2.05, 4.69) is 57.3 Å². The molecule has 1 fully saturated rings. The van der Waals surface area contributed by atoms with Gasteiger partial charge in [-0.05, 0) is 48.5 Å². The van der Waals surface area contributed by atoms with Crippen LogP contribution in [0.25, 0.3) is 0 Å². The molecule has 122 valence electrons. The zero-order chi connectivity index (χ0) is 16.2. The minimum absolute atomic E-state index is 0.180. The highest BCUT2D eigenvalue weighted by atomic mass is 16.1. The van der Waals surface area contributed by atoms with Crippen molar-refractivity contribution >= 4 is 5.91 Å². The molecule has 1 aliphatic carbocycles. The van der Waals surface area contributed by atoms with Crippen LogP contribution in [-0.2, 0) is 11.2 Å². The van der Waals surface area contributed by atoms with Crippen molar-refractivity contribution in [3.05, 3.63) is 35.9 Å². The molecular weight excluding hydrogens is 270 g/mol. The lowest BCUT2D eigenvalue weighted by molar-refractivity contribution is -0.130. The average molecular weight is 301 g/mol. The van der Waals surface area contributed by atoms with E-state index in [4.69, 9.17) is 0 Å². The van der Waals surface area contributed by atoms with Crippen molar-refractivity contribution in [1.29, 1.82) is 0 Å². The lowest BCUT2D eigenvalue weighted by Crippen LogP contribution is -2.43. The molecule has 1 amide bonds. The van der Waals surface area contributed by atoms with Crippen LogP contribution in [0.2, 0.25) is 0 Å². The fraction of sp³-hybridized carbons (Fsp3) is 0.650. The topological polar surface area (TPSA) is 29.1 Å². The fourth-order valence-corrected chi connectivity index (χ4v) is 3.80. The Morgan fingerprint density at radius 3 is 2.59 bits per heavy atom. The molecule has 1 aromatic carbocycles. The average Bonchev–Trinajstić information content (AvgIpc) is 2.47. The van der Waals surface area contributed by atoms with E-state index >= 15 is 0 Å². The van der Waals surface area contributed by atoms with Gasteiger partial charge in [-0.25, -0.2) is 0 Å². The number of carbonyl (C=O) groups excluding carboxylic acids is 1. The van der Waals surface area contributed by atoms with Crippen molar-refractivity contribution in [3.63, 3.8) is 0 Å². The van der Waals surface area contributed by atoms with Crippen LogP contribution in [-0.4, -0.2) is 12.5 Å². The Bertz CT molecular complexity index is 478. The summed E-state index contributed by atoms with van der Waals surface area (Å²) in [5.41, 5.74) is 1.58. The van der Waals surface area contributed by atoms with Gasteiger partial charge in [-0.2, -0.15) is 0 Å². The van der Waals surface area contributed by atoms with Crippen LogP contribution in [0.15, 0.2) is 30.3 Å². The summed E-state index contributed by atoms with van der Waals surface area (Å²) in [7, 11) is 0. The molecule has 0 bridgehead atoms. The molecule has 1 unspecified atom stereocenters. The summed E-state index contributed by atoms with van der Waals surface area (Å²) < 4.78 is 0. The van der Waals surface area contributed by atoms with Gasteiger partial charge in [-0.15, -0.1) is 0 Å². The van der Waals surface area contributed by atoms with Gasteiger partial charge in [0.2, 0.25) is 5.91 Å². The Morgan fingerprint density at radius 1 is 1.27 bits per heavy atom. The molecule has 1 aromatic rings. The highest BCUT2D eigenvalue weighted by Crippen LogP contribution is 2.44. The third-order valence-electron chi connectivity index (χ3n) is 5.19. The normalized spacial score (nSPS) is 24.2. The summed E-state index contributed by atoms with van der Waals surface area (Å²) in [6.45, 7) is 9.85. The minimum atomic E-state index is 0.180. The molecule has 2 rings (SSSR count). The Hall–Kier alpha value is -1.31. The smallest absolute Gasteiger partial charge is 0.223 e. The Kier molecular flexibility index (Phi) is 5.66. The van der Waals surface area contributed by atoms with Gasteiger partial charge in [-0.1, -0.05) is 58.0 Å². The zero-order valence-electron chi connectivity index (χ0n) is 14.6. The van der Waals surface area contributed by atoms with Crippen molar-refractivity contribution in [2.75, 3.05) is 6.54 Å². The highest BCUT2D eigenvalue weighted by Gasteiger charge is 2.39. The lowest BCUT2D eigenvalue weighted by Gasteiger charge is -2.41. The van der Waals surface area contributed by atoms with E-state index in [0.29, 0.717) is 17.3 Å². The Labute approximate surface area is 135 Å². The summed E-state index contributed by atoms with van der Waals surface area (Å²) in [6.07, 6.45) is 4.35. The maximum Gasteiger partial charge on any atom is 0.223 e. The molecule has 0 saturated heterocycles. The van der Waals surface area contributed by atoms with Crippen molar-refractivity contribution < 1.29 is 4.79 Å². The molecule has 22 heavy (non-hydrogen) atoms. The molecule has 0 spiro atoms. The van der Waals surface area contributed by atoms with Crippen LogP contribution >= 0.6 is 0 Å². The van der Waals surface area contributed by atoms with Crippen molar-refractivity contribution in [3.8, 4) is 0 Å². The first kappa shape index (κ1) is 17.1. The molecule has 1 aliphatic rings. The third kappa shape index (κ3) is 4.59. The maximum atomic E-state index is 12.7.